The normalized spacial score (nSPS) is 12.1. The van der Waals surface area contributed by atoms with Crippen molar-refractivity contribution < 1.29 is 9.53 Å². The molecule has 0 aliphatic rings. The van der Waals surface area contributed by atoms with E-state index in [9.17, 15) is 14.4 Å². The molecule has 0 spiro atoms. The van der Waals surface area contributed by atoms with Gasteiger partial charge >= 0.3 is 11.7 Å². The number of esters is 1. The minimum Gasteiger partial charge on any atom is -0.463 e. The highest BCUT2D eigenvalue weighted by atomic mass is 16.5. The quantitative estimate of drug-likeness (QED) is 0.655. The van der Waals surface area contributed by atoms with Crippen LogP contribution >= 0.6 is 0 Å². The molecule has 1 atom stereocenters. The molecule has 1 rings (SSSR count). The summed E-state index contributed by atoms with van der Waals surface area (Å²) in [6.07, 6.45) is 3.11. The largest absolute Gasteiger partial charge is 0.463 e. The third kappa shape index (κ3) is 5.52. The zero-order valence-electron chi connectivity index (χ0n) is 10.9. The van der Waals surface area contributed by atoms with E-state index in [2.05, 4.69) is 4.98 Å². The van der Waals surface area contributed by atoms with Gasteiger partial charge in [-0.25, -0.2) is 4.79 Å². The lowest BCUT2D eigenvalue weighted by Gasteiger charge is -2.16. The number of ether oxygens (including phenoxy) is 1. The summed E-state index contributed by atoms with van der Waals surface area (Å²) in [5, 5.41) is 0. The monoisotopic (exact) mass is 269 g/mol. The van der Waals surface area contributed by atoms with Gasteiger partial charge in [-0.1, -0.05) is 0 Å². The van der Waals surface area contributed by atoms with Gasteiger partial charge in [-0.3, -0.25) is 14.6 Å². The summed E-state index contributed by atoms with van der Waals surface area (Å²) in [5.74, 6) is -0.334. The van der Waals surface area contributed by atoms with Gasteiger partial charge < -0.3 is 15.0 Å². The van der Waals surface area contributed by atoms with Gasteiger partial charge in [0.15, 0.2) is 0 Å². The molecule has 0 aliphatic carbocycles. The number of aromatic nitrogens is 2. The van der Waals surface area contributed by atoms with Gasteiger partial charge in [0.05, 0.1) is 0 Å². The smallest absolute Gasteiger partial charge is 0.328 e. The highest BCUT2D eigenvalue weighted by Crippen LogP contribution is 2.07. The second kappa shape index (κ2) is 7.52. The Morgan fingerprint density at radius 2 is 2.21 bits per heavy atom. The molecule has 0 bridgehead atoms. The van der Waals surface area contributed by atoms with E-state index in [1.54, 1.807) is 0 Å². The van der Waals surface area contributed by atoms with E-state index in [4.69, 9.17) is 10.5 Å². The third-order valence-corrected chi connectivity index (χ3v) is 2.64. The van der Waals surface area contributed by atoms with Crippen molar-refractivity contribution in [3.05, 3.63) is 33.1 Å². The topological polar surface area (TPSA) is 107 Å². The van der Waals surface area contributed by atoms with Crippen LogP contribution in [-0.2, 0) is 16.1 Å². The van der Waals surface area contributed by atoms with Crippen molar-refractivity contribution in [2.24, 2.45) is 5.73 Å². The summed E-state index contributed by atoms with van der Waals surface area (Å²) < 4.78 is 6.53. The molecule has 1 heterocycles. The molecule has 19 heavy (non-hydrogen) atoms. The van der Waals surface area contributed by atoms with Crippen LogP contribution in [0.4, 0.5) is 0 Å². The Morgan fingerprint density at radius 1 is 1.47 bits per heavy atom. The minimum atomic E-state index is -0.435. The SMILES string of the molecule is CC(=O)OC(CCN)CCCn1ccc(=O)[nH]c1=O. The number of aryl methyl sites for hydroxylation is 1. The fourth-order valence-corrected chi connectivity index (χ4v) is 1.79. The Kier molecular flexibility index (Phi) is 6.01. The van der Waals surface area contributed by atoms with E-state index >= 15 is 0 Å². The number of nitrogens with zero attached hydrogens (tertiary/aromatic N) is 1. The van der Waals surface area contributed by atoms with Crippen molar-refractivity contribution in [2.75, 3.05) is 6.54 Å². The molecule has 0 aliphatic heterocycles. The first-order chi connectivity index (χ1) is 9.02. The number of hydrogen-bond donors (Lipinski definition) is 2. The summed E-state index contributed by atoms with van der Waals surface area (Å²) in [6.45, 7) is 2.25. The predicted octanol–water partition coefficient (Wildman–Crippen LogP) is -0.403. The Balaban J connectivity index is 2.49. The van der Waals surface area contributed by atoms with E-state index in [0.717, 1.165) is 0 Å². The maximum absolute atomic E-state index is 11.4. The van der Waals surface area contributed by atoms with Crippen molar-refractivity contribution in [3.8, 4) is 0 Å². The lowest BCUT2D eigenvalue weighted by atomic mass is 10.1. The van der Waals surface area contributed by atoms with Crippen molar-refractivity contribution >= 4 is 5.97 Å². The number of rotatable bonds is 7. The average Bonchev–Trinajstić information content (AvgIpc) is 2.31. The number of aromatic amines is 1. The second-order valence-electron chi connectivity index (χ2n) is 4.25. The van der Waals surface area contributed by atoms with Crippen molar-refractivity contribution in [1.29, 1.82) is 0 Å². The minimum absolute atomic E-state index is 0.221. The highest BCUT2D eigenvalue weighted by molar-refractivity contribution is 5.66. The molecular weight excluding hydrogens is 250 g/mol. The predicted molar refractivity (Wildman–Crippen MR) is 69.8 cm³/mol. The van der Waals surface area contributed by atoms with Crippen LogP contribution in [0.3, 0.4) is 0 Å². The van der Waals surface area contributed by atoms with Crippen LogP contribution in [-0.4, -0.2) is 28.2 Å². The van der Waals surface area contributed by atoms with Gasteiger partial charge in [0.2, 0.25) is 0 Å². The van der Waals surface area contributed by atoms with Crippen molar-refractivity contribution in [3.63, 3.8) is 0 Å². The average molecular weight is 269 g/mol. The molecule has 0 fully saturated rings. The van der Waals surface area contributed by atoms with Crippen LogP contribution in [0.25, 0.3) is 0 Å². The first kappa shape index (κ1) is 15.2. The third-order valence-electron chi connectivity index (χ3n) is 2.64. The molecule has 1 aromatic heterocycles. The van der Waals surface area contributed by atoms with Crippen LogP contribution in [0.5, 0.6) is 0 Å². The van der Waals surface area contributed by atoms with Crippen LogP contribution < -0.4 is 17.0 Å². The van der Waals surface area contributed by atoms with Gasteiger partial charge in [-0.05, 0) is 25.8 Å². The van der Waals surface area contributed by atoms with E-state index in [-0.39, 0.29) is 12.1 Å². The Morgan fingerprint density at radius 3 is 2.79 bits per heavy atom. The second-order valence-corrected chi connectivity index (χ2v) is 4.25. The van der Waals surface area contributed by atoms with Gasteiger partial charge in [-0.15, -0.1) is 0 Å². The summed E-state index contributed by atoms with van der Waals surface area (Å²) in [5.41, 5.74) is 4.59. The van der Waals surface area contributed by atoms with E-state index < -0.39 is 11.2 Å². The van der Waals surface area contributed by atoms with Crippen LogP contribution in [0.1, 0.15) is 26.2 Å². The Hall–Kier alpha value is -1.89. The maximum Gasteiger partial charge on any atom is 0.328 e. The first-order valence-electron chi connectivity index (χ1n) is 6.20. The molecule has 7 heteroatoms. The fourth-order valence-electron chi connectivity index (χ4n) is 1.79. The Labute approximate surface area is 110 Å². The van der Waals surface area contributed by atoms with Crippen molar-refractivity contribution in [1.82, 2.24) is 9.55 Å². The number of H-pyrrole nitrogens is 1. The zero-order valence-corrected chi connectivity index (χ0v) is 10.9. The lowest BCUT2D eigenvalue weighted by Crippen LogP contribution is -2.29. The van der Waals surface area contributed by atoms with Gasteiger partial charge in [0, 0.05) is 25.7 Å². The van der Waals surface area contributed by atoms with E-state index in [0.29, 0.717) is 32.4 Å². The summed E-state index contributed by atoms with van der Waals surface area (Å²) in [6, 6.07) is 1.30. The van der Waals surface area contributed by atoms with Crippen LogP contribution in [0.15, 0.2) is 21.9 Å². The number of nitrogens with one attached hydrogen (secondary N) is 1. The zero-order chi connectivity index (χ0) is 14.3. The van der Waals surface area contributed by atoms with Gasteiger partial charge in [0.1, 0.15) is 6.10 Å². The summed E-state index contributed by atoms with van der Waals surface area (Å²) >= 11 is 0. The van der Waals surface area contributed by atoms with Crippen LogP contribution in [0.2, 0.25) is 0 Å². The molecule has 0 saturated heterocycles. The molecule has 1 unspecified atom stereocenters. The van der Waals surface area contributed by atoms with Gasteiger partial charge in [-0.2, -0.15) is 0 Å². The molecule has 1 aromatic rings. The standard InChI is InChI=1S/C12H19N3O4/c1-9(16)19-10(4-6-13)3-2-7-15-8-5-11(17)14-12(15)18/h5,8,10H,2-4,6-7,13H2,1H3,(H,14,17,18). The fraction of sp³-hybridized carbons (Fsp3) is 0.583. The molecule has 7 nitrogen and oxygen atoms in total. The van der Waals surface area contributed by atoms with Crippen LogP contribution in [0, 0.1) is 0 Å². The lowest BCUT2D eigenvalue weighted by molar-refractivity contribution is -0.146. The number of carbonyl (C=O) groups is 1. The van der Waals surface area contributed by atoms with Crippen molar-refractivity contribution in [2.45, 2.75) is 38.8 Å². The molecule has 0 saturated carbocycles. The van der Waals surface area contributed by atoms with Gasteiger partial charge in [0.25, 0.3) is 5.56 Å². The molecule has 0 aromatic carbocycles. The Bertz CT molecular complexity index is 520. The summed E-state index contributed by atoms with van der Waals surface area (Å²) in [7, 11) is 0. The number of hydrogen-bond acceptors (Lipinski definition) is 5. The first-order valence-corrected chi connectivity index (χ1v) is 6.20. The molecule has 106 valence electrons. The summed E-state index contributed by atoms with van der Waals surface area (Å²) in [4.78, 5) is 35.4. The number of nitrogens with two attached hydrogens (primary N) is 1. The number of carbonyl (C=O) groups excluding carboxylic acids is 1. The molecule has 0 radical (unpaired) electrons. The highest BCUT2D eigenvalue weighted by Gasteiger charge is 2.10. The maximum atomic E-state index is 11.4. The molecule has 0 amide bonds. The molecular formula is C12H19N3O4. The molecule has 3 N–H and O–H groups in total. The van der Waals surface area contributed by atoms with E-state index in [1.807, 2.05) is 0 Å². The van der Waals surface area contributed by atoms with E-state index in [1.165, 1.54) is 23.8 Å².